The Morgan fingerprint density at radius 2 is 2.04 bits per heavy atom. The Hall–Kier alpha value is -2.70. The van der Waals surface area contributed by atoms with E-state index in [0.29, 0.717) is 36.2 Å². The molecule has 3 heterocycles. The number of rotatable bonds is 4. The van der Waals surface area contributed by atoms with Gasteiger partial charge in [-0.25, -0.2) is 4.98 Å². The molecule has 0 bridgehead atoms. The van der Waals surface area contributed by atoms with Crippen LogP contribution in [0.25, 0.3) is 10.9 Å². The summed E-state index contributed by atoms with van der Waals surface area (Å²) in [6, 6.07) is 9.16. The molecule has 2 aromatic heterocycles. The number of carbonyl (C=O) groups is 1. The number of nitrogens with zero attached hydrogens (tertiary/aromatic N) is 3. The number of pyridine rings is 2. The van der Waals surface area contributed by atoms with Crippen molar-refractivity contribution in [3.05, 3.63) is 63.9 Å². The minimum absolute atomic E-state index is 0.0132. The molecule has 0 spiro atoms. The summed E-state index contributed by atoms with van der Waals surface area (Å²) >= 11 is 5.91. The Balaban J connectivity index is 1.70. The van der Waals surface area contributed by atoms with Crippen molar-refractivity contribution < 1.29 is 9.53 Å². The quantitative estimate of drug-likeness (QED) is 0.722. The number of hydrogen-bond acceptors (Lipinski definition) is 5. The molecular formula is C21H21ClN4O2. The maximum Gasteiger partial charge on any atom is 0.254 e. The number of fused-ring (bicyclic) bond motifs is 3. The minimum Gasteiger partial charge on any atom is -0.383 e. The number of aromatic nitrogens is 2. The highest BCUT2D eigenvalue weighted by molar-refractivity contribution is 6.30. The Morgan fingerprint density at radius 1 is 1.25 bits per heavy atom. The molecule has 1 amide bonds. The maximum atomic E-state index is 13.3. The average molecular weight is 397 g/mol. The van der Waals surface area contributed by atoms with E-state index in [1.165, 1.54) is 0 Å². The summed E-state index contributed by atoms with van der Waals surface area (Å²) in [6.07, 6.45) is 1.59. The van der Waals surface area contributed by atoms with Crippen molar-refractivity contribution in [2.45, 2.75) is 39.6 Å². The van der Waals surface area contributed by atoms with E-state index in [2.05, 4.69) is 9.97 Å². The van der Waals surface area contributed by atoms with Gasteiger partial charge in [-0.2, -0.15) is 0 Å². The summed E-state index contributed by atoms with van der Waals surface area (Å²) in [7, 11) is 0. The highest BCUT2D eigenvalue weighted by Gasteiger charge is 2.23. The van der Waals surface area contributed by atoms with Gasteiger partial charge in [0.15, 0.2) is 0 Å². The van der Waals surface area contributed by atoms with Gasteiger partial charge in [-0.3, -0.25) is 9.78 Å². The van der Waals surface area contributed by atoms with E-state index in [1.807, 2.05) is 32.0 Å². The van der Waals surface area contributed by atoms with Crippen LogP contribution in [0.1, 0.15) is 41.0 Å². The molecule has 1 aliphatic heterocycles. The number of carbonyl (C=O) groups excluding carboxylic acids is 1. The van der Waals surface area contributed by atoms with Gasteiger partial charge in [0.25, 0.3) is 5.91 Å². The van der Waals surface area contributed by atoms with Gasteiger partial charge in [0.2, 0.25) is 0 Å². The van der Waals surface area contributed by atoms with E-state index in [-0.39, 0.29) is 11.9 Å². The van der Waals surface area contributed by atoms with Crippen LogP contribution in [0.2, 0.25) is 5.02 Å². The van der Waals surface area contributed by atoms with Crippen LogP contribution in [0.3, 0.4) is 0 Å². The maximum absolute atomic E-state index is 13.3. The van der Waals surface area contributed by atoms with Crippen molar-refractivity contribution in [3.8, 4) is 0 Å². The summed E-state index contributed by atoms with van der Waals surface area (Å²) < 4.78 is 5.54. The van der Waals surface area contributed by atoms with Gasteiger partial charge in [-0.15, -0.1) is 0 Å². The Morgan fingerprint density at radius 3 is 2.75 bits per heavy atom. The standard InChI is InChI=1S/C21H21ClN4O2/c1-12(2)26(9-15-5-4-14(22)8-24-15)21(27)13-3-6-19-16(7-13)17-10-28-11-18(17)20(23)25-19/h3-8,12H,9-11H2,1-2H3,(H2,23,25). The van der Waals surface area contributed by atoms with Crippen LogP contribution in [0.4, 0.5) is 5.82 Å². The fourth-order valence-electron chi connectivity index (χ4n) is 3.43. The smallest absolute Gasteiger partial charge is 0.254 e. The lowest BCUT2D eigenvalue weighted by molar-refractivity contribution is 0.0688. The van der Waals surface area contributed by atoms with Gasteiger partial charge >= 0.3 is 0 Å². The van der Waals surface area contributed by atoms with Crippen LogP contribution in [0, 0.1) is 0 Å². The molecule has 0 fully saturated rings. The fraction of sp³-hybridized carbons (Fsp3) is 0.286. The summed E-state index contributed by atoms with van der Waals surface area (Å²) in [4.78, 5) is 23.8. The molecule has 2 N–H and O–H groups in total. The van der Waals surface area contributed by atoms with Crippen molar-refractivity contribution in [1.82, 2.24) is 14.9 Å². The normalized spacial score (nSPS) is 13.1. The second-order valence-electron chi connectivity index (χ2n) is 7.17. The van der Waals surface area contributed by atoms with E-state index in [1.54, 1.807) is 23.2 Å². The van der Waals surface area contributed by atoms with Crippen molar-refractivity contribution >= 4 is 34.2 Å². The van der Waals surface area contributed by atoms with Crippen molar-refractivity contribution in [3.63, 3.8) is 0 Å². The molecule has 28 heavy (non-hydrogen) atoms. The molecule has 4 rings (SSSR count). The van der Waals surface area contributed by atoms with Gasteiger partial charge in [-0.05, 0) is 49.7 Å². The lowest BCUT2D eigenvalue weighted by Crippen LogP contribution is -2.36. The summed E-state index contributed by atoms with van der Waals surface area (Å²) in [5.74, 6) is 0.440. The molecule has 0 radical (unpaired) electrons. The molecule has 3 aromatic rings. The van der Waals surface area contributed by atoms with E-state index in [9.17, 15) is 4.79 Å². The van der Waals surface area contributed by atoms with E-state index < -0.39 is 0 Å². The zero-order valence-electron chi connectivity index (χ0n) is 15.8. The molecule has 6 nitrogen and oxygen atoms in total. The van der Waals surface area contributed by atoms with Crippen LogP contribution in [-0.4, -0.2) is 26.8 Å². The lowest BCUT2D eigenvalue weighted by atomic mass is 10.0. The first-order valence-corrected chi connectivity index (χ1v) is 9.52. The SMILES string of the molecule is CC(C)N(Cc1ccc(Cl)cn1)C(=O)c1ccc2nc(N)c3c(c2c1)COC3. The fourth-order valence-corrected chi connectivity index (χ4v) is 3.54. The number of nitrogens with two attached hydrogens (primary N) is 1. The zero-order chi connectivity index (χ0) is 19.8. The van der Waals surface area contributed by atoms with Crippen LogP contribution < -0.4 is 5.73 Å². The van der Waals surface area contributed by atoms with Gasteiger partial charge in [0.1, 0.15) is 5.82 Å². The predicted octanol–water partition coefficient (Wildman–Crippen LogP) is 3.95. The van der Waals surface area contributed by atoms with E-state index in [0.717, 1.165) is 27.7 Å². The first kappa shape index (κ1) is 18.7. The van der Waals surface area contributed by atoms with Crippen LogP contribution in [0.5, 0.6) is 0 Å². The molecule has 0 unspecified atom stereocenters. The molecule has 144 valence electrons. The number of nitrogen functional groups attached to an aromatic ring is 1. The number of hydrogen-bond donors (Lipinski definition) is 1. The van der Waals surface area contributed by atoms with Crippen LogP contribution >= 0.6 is 11.6 Å². The largest absolute Gasteiger partial charge is 0.383 e. The van der Waals surface area contributed by atoms with Gasteiger partial charge in [0, 0.05) is 28.8 Å². The highest BCUT2D eigenvalue weighted by atomic mass is 35.5. The number of amides is 1. The third-order valence-corrected chi connectivity index (χ3v) is 5.20. The zero-order valence-corrected chi connectivity index (χ0v) is 16.5. The summed E-state index contributed by atoms with van der Waals surface area (Å²) in [6.45, 7) is 5.33. The molecular weight excluding hydrogens is 376 g/mol. The van der Waals surface area contributed by atoms with Gasteiger partial charge in [-0.1, -0.05) is 11.6 Å². The second kappa shape index (κ2) is 7.37. The topological polar surface area (TPSA) is 81.3 Å². The third kappa shape index (κ3) is 3.41. The van der Waals surface area contributed by atoms with E-state index >= 15 is 0 Å². The van der Waals surface area contributed by atoms with E-state index in [4.69, 9.17) is 22.1 Å². The monoisotopic (exact) mass is 396 g/mol. The first-order valence-electron chi connectivity index (χ1n) is 9.14. The number of ether oxygens (including phenoxy) is 1. The molecule has 7 heteroatoms. The van der Waals surface area contributed by atoms with Crippen molar-refractivity contribution in [1.29, 1.82) is 0 Å². The molecule has 0 aliphatic carbocycles. The van der Waals surface area contributed by atoms with Gasteiger partial charge < -0.3 is 15.4 Å². The summed E-state index contributed by atoms with van der Waals surface area (Å²) in [5.41, 5.74) is 10.1. The van der Waals surface area contributed by atoms with Crippen molar-refractivity contribution in [2.75, 3.05) is 5.73 Å². The molecule has 0 saturated heterocycles. The molecule has 1 aromatic carbocycles. The first-order chi connectivity index (χ1) is 13.4. The number of benzene rings is 1. The predicted molar refractivity (Wildman–Crippen MR) is 109 cm³/mol. The number of halogens is 1. The summed E-state index contributed by atoms with van der Waals surface area (Å²) in [5, 5.41) is 1.49. The third-order valence-electron chi connectivity index (χ3n) is 4.98. The highest BCUT2D eigenvalue weighted by Crippen LogP contribution is 2.32. The van der Waals surface area contributed by atoms with Crippen LogP contribution in [0.15, 0.2) is 36.5 Å². The molecule has 0 atom stereocenters. The Kier molecular flexibility index (Phi) is 4.91. The Labute approximate surface area is 168 Å². The second-order valence-corrected chi connectivity index (χ2v) is 7.61. The Bertz CT molecular complexity index is 1050. The average Bonchev–Trinajstić information content (AvgIpc) is 3.17. The van der Waals surface area contributed by atoms with Crippen LogP contribution in [-0.2, 0) is 24.5 Å². The molecule has 0 saturated carbocycles. The lowest BCUT2D eigenvalue weighted by Gasteiger charge is -2.26. The molecule has 1 aliphatic rings. The van der Waals surface area contributed by atoms with Gasteiger partial charge in [0.05, 0.1) is 36.0 Å². The minimum atomic E-state index is -0.0573. The van der Waals surface area contributed by atoms with Crippen molar-refractivity contribution in [2.24, 2.45) is 0 Å². The number of anilines is 1.